The molecule has 0 N–H and O–H groups in total. The molecule has 24 heavy (non-hydrogen) atoms. The number of allylic oxidation sites excluding steroid dienone is 4. The lowest BCUT2D eigenvalue weighted by molar-refractivity contribution is 0.348. The molecule has 0 saturated heterocycles. The van der Waals surface area contributed by atoms with Crippen molar-refractivity contribution in [3.05, 3.63) is 52.9 Å². The summed E-state index contributed by atoms with van der Waals surface area (Å²) in [4.78, 5) is 4.23. The van der Waals surface area contributed by atoms with E-state index in [1.165, 1.54) is 0 Å². The third-order valence-corrected chi connectivity index (χ3v) is 4.51. The van der Waals surface area contributed by atoms with Crippen LogP contribution in [0.4, 0.5) is 0 Å². The molecule has 0 aromatic heterocycles. The quantitative estimate of drug-likeness (QED) is 0.818. The molecule has 0 bridgehead atoms. The highest BCUT2D eigenvalue weighted by molar-refractivity contribution is 5.81. The second-order valence-corrected chi connectivity index (χ2v) is 6.43. The van der Waals surface area contributed by atoms with Gasteiger partial charge in [-0.3, -0.25) is 0 Å². The summed E-state index contributed by atoms with van der Waals surface area (Å²) >= 11 is 0. The molecule has 1 aliphatic heterocycles. The minimum atomic E-state index is 0.760. The van der Waals surface area contributed by atoms with Gasteiger partial charge in [-0.05, 0) is 57.3 Å². The summed E-state index contributed by atoms with van der Waals surface area (Å²) in [5, 5.41) is 0. The monoisotopic (exact) mass is 328 g/mol. The van der Waals surface area contributed by atoms with E-state index in [0.717, 1.165) is 51.7 Å². The second kappa shape index (κ2) is 7.14. The van der Waals surface area contributed by atoms with E-state index in [9.17, 15) is 0 Å². The second-order valence-electron chi connectivity index (χ2n) is 6.43. The Kier molecular flexibility index (Phi) is 5.40. The van der Waals surface area contributed by atoms with Gasteiger partial charge in [0.25, 0.3) is 0 Å². The van der Waals surface area contributed by atoms with Crippen LogP contribution in [0.2, 0.25) is 0 Å². The predicted octanol–water partition coefficient (Wildman–Crippen LogP) is 3.90. The Morgan fingerprint density at radius 2 is 1.62 bits per heavy atom. The Hall–Kier alpha value is -2.20. The van der Waals surface area contributed by atoms with Gasteiger partial charge in [0.1, 0.15) is 11.5 Å². The van der Waals surface area contributed by atoms with Crippen LogP contribution in [-0.4, -0.2) is 45.2 Å². The topological polar surface area (TPSA) is 24.9 Å². The maximum atomic E-state index is 5.65. The van der Waals surface area contributed by atoms with Crippen molar-refractivity contribution in [1.82, 2.24) is 9.80 Å². The normalized spacial score (nSPS) is 15.1. The van der Waals surface area contributed by atoms with E-state index in [0.29, 0.717) is 0 Å². The first-order valence-electron chi connectivity index (χ1n) is 8.02. The molecule has 0 fully saturated rings. The standard InChI is InChI=1S/C20H28N2O2/c1-13-9-17(15(3)22(6)14(13)2)16-10-19(23-7)18(12-21(4)5)20(11-16)24-8/h9-11H,2,12H2,1,3-8H3. The van der Waals surface area contributed by atoms with Crippen molar-refractivity contribution in [2.45, 2.75) is 20.4 Å². The first kappa shape index (κ1) is 18.1. The maximum absolute atomic E-state index is 5.65. The van der Waals surface area contributed by atoms with Crippen LogP contribution in [0.25, 0.3) is 5.57 Å². The summed E-state index contributed by atoms with van der Waals surface area (Å²) in [5.74, 6) is 1.69. The Morgan fingerprint density at radius 1 is 1.08 bits per heavy atom. The molecule has 0 aliphatic carbocycles. The number of hydrogen-bond donors (Lipinski definition) is 0. The van der Waals surface area contributed by atoms with Gasteiger partial charge in [-0.1, -0.05) is 6.58 Å². The zero-order valence-corrected chi connectivity index (χ0v) is 15.9. The largest absolute Gasteiger partial charge is 0.496 e. The van der Waals surface area contributed by atoms with Crippen molar-refractivity contribution in [3.8, 4) is 11.5 Å². The van der Waals surface area contributed by atoms with Gasteiger partial charge in [0.15, 0.2) is 0 Å². The first-order valence-corrected chi connectivity index (χ1v) is 8.02. The third-order valence-electron chi connectivity index (χ3n) is 4.51. The van der Waals surface area contributed by atoms with Gasteiger partial charge in [-0.15, -0.1) is 0 Å². The van der Waals surface area contributed by atoms with Crippen LogP contribution in [0.1, 0.15) is 25.0 Å². The fraction of sp³-hybridized carbons (Fsp3) is 0.400. The lowest BCUT2D eigenvalue weighted by atomic mass is 9.94. The minimum absolute atomic E-state index is 0.760. The van der Waals surface area contributed by atoms with E-state index in [1.54, 1.807) is 14.2 Å². The Balaban J connectivity index is 2.62. The van der Waals surface area contributed by atoms with Gasteiger partial charge in [-0.25, -0.2) is 0 Å². The van der Waals surface area contributed by atoms with Gasteiger partial charge in [0, 0.05) is 30.6 Å². The molecular weight excluding hydrogens is 300 g/mol. The number of hydrogen-bond acceptors (Lipinski definition) is 4. The molecule has 0 spiro atoms. The number of likely N-dealkylation sites (N-methyl/N-ethyl adjacent to an activating group) is 1. The van der Waals surface area contributed by atoms with Crippen molar-refractivity contribution in [1.29, 1.82) is 0 Å². The molecule has 130 valence electrons. The van der Waals surface area contributed by atoms with Gasteiger partial charge in [0.05, 0.1) is 19.8 Å². The van der Waals surface area contributed by atoms with E-state index >= 15 is 0 Å². The molecule has 0 amide bonds. The van der Waals surface area contributed by atoms with Gasteiger partial charge in [0.2, 0.25) is 0 Å². The molecule has 4 nitrogen and oxygen atoms in total. The fourth-order valence-corrected chi connectivity index (χ4v) is 2.96. The van der Waals surface area contributed by atoms with E-state index in [1.807, 2.05) is 21.1 Å². The van der Waals surface area contributed by atoms with Gasteiger partial charge >= 0.3 is 0 Å². The maximum Gasteiger partial charge on any atom is 0.127 e. The molecule has 1 aromatic carbocycles. The molecule has 0 atom stereocenters. The molecule has 0 unspecified atom stereocenters. The van der Waals surface area contributed by atoms with Gasteiger partial charge in [-0.2, -0.15) is 0 Å². The zero-order valence-electron chi connectivity index (χ0n) is 15.9. The highest BCUT2D eigenvalue weighted by Gasteiger charge is 2.20. The zero-order chi connectivity index (χ0) is 18.0. The van der Waals surface area contributed by atoms with E-state index in [2.05, 4.69) is 48.4 Å². The van der Waals surface area contributed by atoms with E-state index < -0.39 is 0 Å². The van der Waals surface area contributed by atoms with Crippen LogP contribution in [0, 0.1) is 0 Å². The van der Waals surface area contributed by atoms with Crippen LogP contribution in [0.3, 0.4) is 0 Å². The fourth-order valence-electron chi connectivity index (χ4n) is 2.96. The lowest BCUT2D eigenvalue weighted by Gasteiger charge is -2.30. The third kappa shape index (κ3) is 3.34. The summed E-state index contributed by atoms with van der Waals surface area (Å²) < 4.78 is 11.3. The number of ether oxygens (including phenoxy) is 2. The van der Waals surface area contributed by atoms with Crippen LogP contribution in [0.15, 0.2) is 41.8 Å². The van der Waals surface area contributed by atoms with Crippen molar-refractivity contribution in [2.75, 3.05) is 35.4 Å². The minimum Gasteiger partial charge on any atom is -0.496 e. The molecule has 0 saturated carbocycles. The number of rotatable bonds is 5. The van der Waals surface area contributed by atoms with Crippen LogP contribution in [0.5, 0.6) is 11.5 Å². The molecule has 1 heterocycles. The predicted molar refractivity (Wildman–Crippen MR) is 100 cm³/mol. The molecular formula is C20H28N2O2. The Bertz CT molecular complexity index is 689. The van der Waals surface area contributed by atoms with Crippen molar-refractivity contribution >= 4 is 5.57 Å². The van der Waals surface area contributed by atoms with Crippen LogP contribution >= 0.6 is 0 Å². The lowest BCUT2D eigenvalue weighted by Crippen LogP contribution is -2.20. The number of methoxy groups -OCH3 is 2. The average molecular weight is 328 g/mol. The number of nitrogens with zero attached hydrogens (tertiary/aromatic N) is 2. The summed E-state index contributed by atoms with van der Waals surface area (Å²) in [6.45, 7) is 9.09. The molecule has 4 heteroatoms. The van der Waals surface area contributed by atoms with E-state index in [-0.39, 0.29) is 0 Å². The SMILES string of the molecule is C=C1C(C)=CC(c2cc(OC)c(CN(C)C)c(OC)c2)=C(C)N1C. The van der Waals surface area contributed by atoms with Crippen molar-refractivity contribution in [2.24, 2.45) is 0 Å². The van der Waals surface area contributed by atoms with Crippen LogP contribution in [-0.2, 0) is 6.54 Å². The highest BCUT2D eigenvalue weighted by Crippen LogP contribution is 2.38. The molecule has 1 aliphatic rings. The summed E-state index contributed by atoms with van der Waals surface area (Å²) in [6, 6.07) is 4.18. The van der Waals surface area contributed by atoms with Crippen molar-refractivity contribution in [3.63, 3.8) is 0 Å². The van der Waals surface area contributed by atoms with Crippen LogP contribution < -0.4 is 9.47 Å². The summed E-state index contributed by atoms with van der Waals surface area (Å²) in [5.41, 5.74) is 6.65. The van der Waals surface area contributed by atoms with Crippen molar-refractivity contribution < 1.29 is 9.47 Å². The average Bonchev–Trinajstić information content (AvgIpc) is 2.55. The molecule has 0 radical (unpaired) electrons. The Morgan fingerprint density at radius 3 is 2.08 bits per heavy atom. The smallest absolute Gasteiger partial charge is 0.127 e. The van der Waals surface area contributed by atoms with Gasteiger partial charge < -0.3 is 19.3 Å². The van der Waals surface area contributed by atoms with E-state index in [4.69, 9.17) is 9.47 Å². The highest BCUT2D eigenvalue weighted by atomic mass is 16.5. The summed E-state index contributed by atoms with van der Waals surface area (Å²) in [6.07, 6.45) is 2.18. The molecule has 1 aromatic rings. The molecule has 2 rings (SSSR count). The summed E-state index contributed by atoms with van der Waals surface area (Å²) in [7, 11) is 9.52. The first-order chi connectivity index (χ1) is 11.3. The number of benzene rings is 1. The Labute approximate surface area is 145 Å².